The minimum Gasteiger partial charge on any atom is -0.387 e. The van der Waals surface area contributed by atoms with E-state index >= 15 is 0 Å². The molecular weight excluding hydrogens is 274 g/mol. The number of aliphatic hydroxyl groups is 1. The van der Waals surface area contributed by atoms with Crippen molar-refractivity contribution in [2.45, 2.75) is 38.1 Å². The van der Waals surface area contributed by atoms with E-state index in [0.717, 1.165) is 18.6 Å². The van der Waals surface area contributed by atoms with Gasteiger partial charge in [-0.05, 0) is 43.0 Å². The zero-order chi connectivity index (χ0) is 14.9. The topological polar surface area (TPSA) is 32.3 Å². The van der Waals surface area contributed by atoms with Crippen molar-refractivity contribution >= 4 is 0 Å². The maximum Gasteiger partial charge on any atom is 0.416 e. The van der Waals surface area contributed by atoms with Crippen LogP contribution in [-0.4, -0.2) is 17.7 Å². The summed E-state index contributed by atoms with van der Waals surface area (Å²) in [5, 5.41) is 13.2. The van der Waals surface area contributed by atoms with Crippen LogP contribution in [0.15, 0.2) is 18.2 Å². The molecule has 1 aliphatic rings. The Kier molecular flexibility index (Phi) is 4.34. The van der Waals surface area contributed by atoms with E-state index in [0.29, 0.717) is 24.9 Å². The minimum atomic E-state index is -4.68. The molecule has 0 aromatic heterocycles. The van der Waals surface area contributed by atoms with Crippen molar-refractivity contribution in [3.05, 3.63) is 35.1 Å². The molecule has 2 nitrogen and oxygen atoms in total. The van der Waals surface area contributed by atoms with E-state index in [9.17, 15) is 22.7 Å². The Morgan fingerprint density at radius 2 is 2.05 bits per heavy atom. The van der Waals surface area contributed by atoms with Gasteiger partial charge in [0.15, 0.2) is 0 Å². The number of aliphatic hydroxyl groups excluding tert-OH is 1. The third-order valence-corrected chi connectivity index (χ3v) is 3.72. The molecule has 0 spiro atoms. The molecule has 1 aromatic rings. The number of benzene rings is 1. The van der Waals surface area contributed by atoms with Crippen LogP contribution in [0.1, 0.15) is 37.0 Å². The van der Waals surface area contributed by atoms with Gasteiger partial charge >= 0.3 is 6.18 Å². The van der Waals surface area contributed by atoms with Crippen molar-refractivity contribution in [2.75, 3.05) is 6.54 Å². The van der Waals surface area contributed by atoms with E-state index < -0.39 is 29.7 Å². The molecule has 1 aliphatic heterocycles. The van der Waals surface area contributed by atoms with Crippen molar-refractivity contribution in [3.63, 3.8) is 0 Å². The molecular formula is C14H17F4NO. The molecule has 3 atom stereocenters. The van der Waals surface area contributed by atoms with Crippen LogP contribution < -0.4 is 5.32 Å². The fourth-order valence-corrected chi connectivity index (χ4v) is 2.64. The average Bonchev–Trinajstić information content (AvgIpc) is 2.37. The van der Waals surface area contributed by atoms with E-state index in [2.05, 4.69) is 5.32 Å². The van der Waals surface area contributed by atoms with Crippen LogP contribution in [-0.2, 0) is 6.18 Å². The molecule has 3 unspecified atom stereocenters. The number of nitrogens with one attached hydrogen (secondary N) is 1. The summed E-state index contributed by atoms with van der Waals surface area (Å²) in [6, 6.07) is 1.96. The number of hydrogen-bond donors (Lipinski definition) is 2. The van der Waals surface area contributed by atoms with E-state index in [1.54, 1.807) is 0 Å². The Morgan fingerprint density at radius 1 is 1.35 bits per heavy atom. The monoisotopic (exact) mass is 291 g/mol. The van der Waals surface area contributed by atoms with Crippen LogP contribution >= 0.6 is 0 Å². The van der Waals surface area contributed by atoms with Gasteiger partial charge in [-0.15, -0.1) is 0 Å². The summed E-state index contributed by atoms with van der Waals surface area (Å²) >= 11 is 0. The highest BCUT2D eigenvalue weighted by molar-refractivity contribution is 5.33. The second-order valence-corrected chi connectivity index (χ2v) is 5.36. The van der Waals surface area contributed by atoms with Crippen LogP contribution in [0, 0.1) is 11.7 Å². The Morgan fingerprint density at radius 3 is 2.65 bits per heavy atom. The Bertz CT molecular complexity index is 475. The smallest absolute Gasteiger partial charge is 0.387 e. The molecule has 2 rings (SSSR count). The van der Waals surface area contributed by atoms with E-state index in [1.807, 2.05) is 6.92 Å². The van der Waals surface area contributed by atoms with Crippen LogP contribution in [0.5, 0.6) is 0 Å². The van der Waals surface area contributed by atoms with Crippen molar-refractivity contribution in [3.8, 4) is 0 Å². The standard InChI is InChI=1S/C14H17F4NO/c1-8-4-5-19-12(6-8)13(20)10-3-2-9(15)7-11(10)14(16,17)18/h2-3,7-8,12-13,19-20H,4-6H2,1H3. The molecule has 0 bridgehead atoms. The molecule has 112 valence electrons. The Balaban J connectivity index is 2.31. The van der Waals surface area contributed by atoms with Crippen LogP contribution in [0.4, 0.5) is 17.6 Å². The van der Waals surface area contributed by atoms with Gasteiger partial charge in [0.25, 0.3) is 0 Å². The third kappa shape index (κ3) is 3.30. The molecule has 2 N–H and O–H groups in total. The van der Waals surface area contributed by atoms with Gasteiger partial charge in [0.2, 0.25) is 0 Å². The number of piperidine rings is 1. The second-order valence-electron chi connectivity index (χ2n) is 5.36. The van der Waals surface area contributed by atoms with E-state index in [-0.39, 0.29) is 5.56 Å². The van der Waals surface area contributed by atoms with Crippen molar-refractivity contribution < 1.29 is 22.7 Å². The van der Waals surface area contributed by atoms with Gasteiger partial charge < -0.3 is 10.4 Å². The van der Waals surface area contributed by atoms with Gasteiger partial charge in [0.1, 0.15) is 5.82 Å². The van der Waals surface area contributed by atoms with Gasteiger partial charge in [-0.1, -0.05) is 13.0 Å². The number of rotatable bonds is 2. The van der Waals surface area contributed by atoms with Crippen molar-refractivity contribution in [2.24, 2.45) is 5.92 Å². The van der Waals surface area contributed by atoms with Gasteiger partial charge in [0.05, 0.1) is 11.7 Å². The van der Waals surface area contributed by atoms with Gasteiger partial charge in [-0.2, -0.15) is 13.2 Å². The summed E-state index contributed by atoms with van der Waals surface area (Å²) < 4.78 is 51.9. The molecule has 0 amide bonds. The Hall–Kier alpha value is -1.14. The second kappa shape index (κ2) is 5.69. The molecule has 1 heterocycles. The summed E-state index contributed by atoms with van der Waals surface area (Å²) in [7, 11) is 0. The lowest BCUT2D eigenvalue weighted by molar-refractivity contribution is -0.139. The molecule has 1 aromatic carbocycles. The lowest BCUT2D eigenvalue weighted by Gasteiger charge is -2.32. The minimum absolute atomic E-state index is 0.273. The molecule has 0 radical (unpaired) electrons. The summed E-state index contributed by atoms with van der Waals surface area (Å²) in [6.07, 6.45) is -4.46. The first-order valence-electron chi connectivity index (χ1n) is 6.57. The van der Waals surface area contributed by atoms with E-state index in [4.69, 9.17) is 0 Å². The zero-order valence-corrected chi connectivity index (χ0v) is 11.0. The number of alkyl halides is 3. The maximum absolute atomic E-state index is 13.0. The summed E-state index contributed by atoms with van der Waals surface area (Å²) in [6.45, 7) is 2.65. The normalized spacial score (nSPS) is 25.5. The van der Waals surface area contributed by atoms with Crippen LogP contribution in [0.3, 0.4) is 0 Å². The highest BCUT2D eigenvalue weighted by Crippen LogP contribution is 2.37. The molecule has 1 fully saturated rings. The van der Waals surface area contributed by atoms with Crippen LogP contribution in [0.25, 0.3) is 0 Å². The molecule has 0 saturated carbocycles. The largest absolute Gasteiger partial charge is 0.416 e. The quantitative estimate of drug-likeness (QED) is 0.820. The van der Waals surface area contributed by atoms with Crippen molar-refractivity contribution in [1.29, 1.82) is 0 Å². The molecule has 0 aliphatic carbocycles. The first-order valence-corrected chi connectivity index (χ1v) is 6.57. The number of halogens is 4. The van der Waals surface area contributed by atoms with Gasteiger partial charge in [-0.3, -0.25) is 0 Å². The Labute approximate surface area is 114 Å². The molecule has 6 heteroatoms. The fraction of sp³-hybridized carbons (Fsp3) is 0.571. The summed E-state index contributed by atoms with van der Waals surface area (Å²) in [5.74, 6) is -0.621. The van der Waals surface area contributed by atoms with E-state index in [1.165, 1.54) is 0 Å². The highest BCUT2D eigenvalue weighted by atomic mass is 19.4. The third-order valence-electron chi connectivity index (χ3n) is 3.72. The van der Waals surface area contributed by atoms with Gasteiger partial charge in [-0.25, -0.2) is 4.39 Å². The van der Waals surface area contributed by atoms with Crippen molar-refractivity contribution in [1.82, 2.24) is 5.32 Å². The molecule has 1 saturated heterocycles. The fourth-order valence-electron chi connectivity index (χ4n) is 2.64. The first kappa shape index (κ1) is 15.3. The predicted molar refractivity (Wildman–Crippen MR) is 66.6 cm³/mol. The van der Waals surface area contributed by atoms with Crippen LogP contribution in [0.2, 0.25) is 0 Å². The lowest BCUT2D eigenvalue weighted by atomic mass is 9.87. The first-order chi connectivity index (χ1) is 9.29. The predicted octanol–water partition coefficient (Wildman–Crippen LogP) is 3.27. The zero-order valence-electron chi connectivity index (χ0n) is 11.0. The average molecular weight is 291 g/mol. The lowest BCUT2D eigenvalue weighted by Crippen LogP contribution is -2.42. The summed E-state index contributed by atoms with van der Waals surface area (Å²) in [5.41, 5.74) is -1.38. The maximum atomic E-state index is 13.0. The molecule has 20 heavy (non-hydrogen) atoms. The number of hydrogen-bond acceptors (Lipinski definition) is 2. The van der Waals surface area contributed by atoms with Gasteiger partial charge in [0, 0.05) is 6.04 Å². The highest BCUT2D eigenvalue weighted by Gasteiger charge is 2.37. The SMILES string of the molecule is CC1CCNC(C(O)c2ccc(F)cc2C(F)(F)F)C1. The summed E-state index contributed by atoms with van der Waals surface area (Å²) in [4.78, 5) is 0.